The summed E-state index contributed by atoms with van der Waals surface area (Å²) in [6.45, 7) is 0. The van der Waals surface area contributed by atoms with Gasteiger partial charge in [0.1, 0.15) is 0 Å². The van der Waals surface area contributed by atoms with Crippen LogP contribution in [0.4, 0.5) is 5.69 Å². The van der Waals surface area contributed by atoms with Crippen molar-refractivity contribution in [3.05, 3.63) is 65.2 Å². The van der Waals surface area contributed by atoms with Crippen molar-refractivity contribution in [2.45, 2.75) is 0 Å². The average molecular weight is 314 g/mol. The minimum absolute atomic E-state index is 0.0828. The number of carbonyl (C=O) groups excluding carboxylic acids is 1. The third-order valence-electron chi connectivity index (χ3n) is 2.63. The van der Waals surface area contributed by atoms with Gasteiger partial charge in [-0.3, -0.25) is 4.79 Å². The van der Waals surface area contributed by atoms with Crippen molar-refractivity contribution in [3.63, 3.8) is 0 Å². The summed E-state index contributed by atoms with van der Waals surface area (Å²) in [7, 11) is 0. The van der Waals surface area contributed by atoms with E-state index in [1.807, 2.05) is 24.3 Å². The molecule has 2 nitrogen and oxygen atoms in total. The highest BCUT2D eigenvalue weighted by atomic mass is 79.9. The number of alkyl halides is 1. The molecular formula is C16H12BrNO. The van der Waals surface area contributed by atoms with Crippen LogP contribution in [0, 0.1) is 11.8 Å². The highest BCUT2D eigenvalue weighted by Crippen LogP contribution is 2.18. The number of hydrogen-bond donors (Lipinski definition) is 1. The van der Waals surface area contributed by atoms with Gasteiger partial charge in [-0.2, -0.15) is 0 Å². The summed E-state index contributed by atoms with van der Waals surface area (Å²) in [4.78, 5) is 12.4. The quantitative estimate of drug-likeness (QED) is 0.400. The molecule has 2 aromatic carbocycles. The first-order valence-corrected chi connectivity index (χ1v) is 6.88. The zero-order chi connectivity index (χ0) is 13.7. The standard InChI is InChI=1S/C16H12BrNO/c17-10-4-5-12-8-9-15(18)14(11-12)16(19)13-6-2-1-3-7-13/h1-3,6-9,11H,10,18H2. The SMILES string of the molecule is Nc1ccc(C#CCBr)cc1C(=O)c1ccccc1. The second-order valence-electron chi connectivity index (χ2n) is 3.93. The number of anilines is 1. The number of hydrogen-bond acceptors (Lipinski definition) is 2. The van der Waals surface area contributed by atoms with E-state index in [2.05, 4.69) is 27.8 Å². The van der Waals surface area contributed by atoms with Crippen molar-refractivity contribution in [2.75, 3.05) is 11.1 Å². The predicted molar refractivity (Wildman–Crippen MR) is 81.4 cm³/mol. The van der Waals surface area contributed by atoms with Crippen molar-refractivity contribution < 1.29 is 4.79 Å². The molecule has 0 aliphatic heterocycles. The summed E-state index contributed by atoms with van der Waals surface area (Å²) >= 11 is 3.24. The molecule has 0 aliphatic rings. The molecule has 0 amide bonds. The van der Waals surface area contributed by atoms with Crippen LogP contribution in [0.2, 0.25) is 0 Å². The summed E-state index contributed by atoms with van der Waals surface area (Å²) in [6, 6.07) is 14.4. The number of ketones is 1. The van der Waals surface area contributed by atoms with Gasteiger partial charge < -0.3 is 5.73 Å². The Morgan fingerprint density at radius 3 is 2.58 bits per heavy atom. The largest absolute Gasteiger partial charge is 0.398 e. The molecule has 0 bridgehead atoms. The average Bonchev–Trinajstić information content (AvgIpc) is 2.46. The third-order valence-corrected chi connectivity index (χ3v) is 2.91. The van der Waals surface area contributed by atoms with E-state index in [1.165, 1.54) is 0 Å². The molecule has 2 N–H and O–H groups in total. The number of carbonyl (C=O) groups is 1. The molecule has 2 rings (SSSR count). The molecule has 0 heterocycles. The number of halogens is 1. The first-order chi connectivity index (χ1) is 9.22. The molecule has 94 valence electrons. The van der Waals surface area contributed by atoms with E-state index in [9.17, 15) is 4.79 Å². The van der Waals surface area contributed by atoms with E-state index in [0.717, 1.165) is 5.56 Å². The van der Waals surface area contributed by atoms with Crippen LogP contribution in [-0.2, 0) is 0 Å². The lowest BCUT2D eigenvalue weighted by molar-refractivity contribution is 0.103. The first-order valence-electron chi connectivity index (χ1n) is 5.76. The monoisotopic (exact) mass is 313 g/mol. The Hall–Kier alpha value is -2.05. The van der Waals surface area contributed by atoms with Crippen LogP contribution in [0.25, 0.3) is 0 Å². The Labute approximate surface area is 120 Å². The highest BCUT2D eigenvalue weighted by Gasteiger charge is 2.12. The second-order valence-corrected chi connectivity index (χ2v) is 4.49. The smallest absolute Gasteiger partial charge is 0.195 e. The zero-order valence-electron chi connectivity index (χ0n) is 10.2. The van der Waals surface area contributed by atoms with Crippen LogP contribution in [0.3, 0.4) is 0 Å². The Morgan fingerprint density at radius 2 is 1.89 bits per heavy atom. The summed E-state index contributed by atoms with van der Waals surface area (Å²) in [6.07, 6.45) is 0. The molecule has 0 saturated heterocycles. The molecule has 0 saturated carbocycles. The van der Waals surface area contributed by atoms with E-state index in [-0.39, 0.29) is 5.78 Å². The van der Waals surface area contributed by atoms with Gasteiger partial charge in [-0.1, -0.05) is 58.1 Å². The maximum atomic E-state index is 12.4. The van der Waals surface area contributed by atoms with Crippen LogP contribution in [0.1, 0.15) is 21.5 Å². The second kappa shape index (κ2) is 6.21. The molecule has 0 aromatic heterocycles. The van der Waals surface area contributed by atoms with Gasteiger partial charge in [0.15, 0.2) is 5.78 Å². The zero-order valence-corrected chi connectivity index (χ0v) is 11.8. The fourth-order valence-corrected chi connectivity index (χ4v) is 1.85. The molecular weight excluding hydrogens is 302 g/mol. The number of rotatable bonds is 2. The van der Waals surface area contributed by atoms with Crippen LogP contribution >= 0.6 is 15.9 Å². The first kappa shape index (κ1) is 13.4. The molecule has 0 spiro atoms. The van der Waals surface area contributed by atoms with Crippen molar-refractivity contribution in [1.29, 1.82) is 0 Å². The molecule has 0 radical (unpaired) electrons. The van der Waals surface area contributed by atoms with Crippen molar-refractivity contribution >= 4 is 27.4 Å². The lowest BCUT2D eigenvalue weighted by atomic mass is 10.00. The molecule has 0 unspecified atom stereocenters. The van der Waals surface area contributed by atoms with Crippen molar-refractivity contribution in [2.24, 2.45) is 0 Å². The van der Waals surface area contributed by atoms with Gasteiger partial charge in [0.25, 0.3) is 0 Å². The predicted octanol–water partition coefficient (Wildman–Crippen LogP) is 3.25. The minimum Gasteiger partial charge on any atom is -0.398 e. The molecule has 2 aromatic rings. The van der Waals surface area contributed by atoms with E-state index in [4.69, 9.17) is 5.73 Å². The molecule has 3 heteroatoms. The van der Waals surface area contributed by atoms with Gasteiger partial charge >= 0.3 is 0 Å². The normalized spacial score (nSPS) is 9.53. The van der Waals surface area contributed by atoms with E-state index in [1.54, 1.807) is 24.3 Å². The van der Waals surface area contributed by atoms with E-state index in [0.29, 0.717) is 22.1 Å². The number of nitrogen functional groups attached to an aromatic ring is 1. The molecule has 19 heavy (non-hydrogen) atoms. The Morgan fingerprint density at radius 1 is 1.16 bits per heavy atom. The fraction of sp³-hybridized carbons (Fsp3) is 0.0625. The van der Waals surface area contributed by atoms with Gasteiger partial charge in [-0.05, 0) is 18.2 Å². The maximum Gasteiger partial charge on any atom is 0.195 e. The van der Waals surface area contributed by atoms with Gasteiger partial charge in [-0.15, -0.1) is 0 Å². The molecule has 0 atom stereocenters. The molecule has 0 fully saturated rings. The van der Waals surface area contributed by atoms with E-state index < -0.39 is 0 Å². The number of nitrogens with two attached hydrogens (primary N) is 1. The van der Waals surface area contributed by atoms with Gasteiger partial charge in [-0.25, -0.2) is 0 Å². The lowest BCUT2D eigenvalue weighted by Crippen LogP contribution is -2.05. The van der Waals surface area contributed by atoms with Crippen LogP contribution in [0.5, 0.6) is 0 Å². The minimum atomic E-state index is -0.0828. The summed E-state index contributed by atoms with van der Waals surface area (Å²) in [5, 5.41) is 0.597. The van der Waals surface area contributed by atoms with Crippen LogP contribution in [0.15, 0.2) is 48.5 Å². The summed E-state index contributed by atoms with van der Waals surface area (Å²) < 4.78 is 0. The van der Waals surface area contributed by atoms with Crippen molar-refractivity contribution in [3.8, 4) is 11.8 Å². The Balaban J connectivity index is 2.41. The third kappa shape index (κ3) is 3.24. The topological polar surface area (TPSA) is 43.1 Å². The molecule has 0 aliphatic carbocycles. The van der Waals surface area contributed by atoms with E-state index >= 15 is 0 Å². The van der Waals surface area contributed by atoms with Gasteiger partial charge in [0, 0.05) is 22.4 Å². The highest BCUT2D eigenvalue weighted by molar-refractivity contribution is 9.09. The maximum absolute atomic E-state index is 12.4. The van der Waals surface area contributed by atoms with Gasteiger partial charge in [0.2, 0.25) is 0 Å². The van der Waals surface area contributed by atoms with Crippen molar-refractivity contribution in [1.82, 2.24) is 0 Å². The summed E-state index contributed by atoms with van der Waals surface area (Å²) in [5.74, 6) is 5.79. The Bertz CT molecular complexity index is 653. The lowest BCUT2D eigenvalue weighted by Gasteiger charge is -2.05. The summed E-state index contributed by atoms with van der Waals surface area (Å²) in [5.41, 5.74) is 8.25. The fourth-order valence-electron chi connectivity index (χ4n) is 1.71. The van der Waals surface area contributed by atoms with Crippen LogP contribution < -0.4 is 5.73 Å². The Kier molecular flexibility index (Phi) is 4.38. The van der Waals surface area contributed by atoms with Gasteiger partial charge in [0.05, 0.1) is 5.33 Å². The van der Waals surface area contributed by atoms with Crippen LogP contribution in [-0.4, -0.2) is 11.1 Å². The number of benzene rings is 2.